The third-order valence-corrected chi connectivity index (χ3v) is 6.03. The second-order valence-electron chi connectivity index (χ2n) is 6.60. The fraction of sp³-hybridized carbons (Fsp3) is 0.389. The highest BCUT2D eigenvalue weighted by atomic mass is 35.7. The zero-order chi connectivity index (χ0) is 20.5. The van der Waals surface area contributed by atoms with Crippen molar-refractivity contribution in [1.29, 1.82) is 0 Å². The molecule has 3 rings (SSSR count). The minimum atomic E-state index is -4.41. The highest BCUT2D eigenvalue weighted by Crippen LogP contribution is 2.30. The number of hydrogen-bond donors (Lipinski definition) is 0. The molecule has 0 amide bonds. The van der Waals surface area contributed by atoms with E-state index in [0.29, 0.717) is 6.54 Å². The average molecular weight is 435 g/mol. The molecule has 1 unspecified atom stereocenters. The van der Waals surface area contributed by atoms with E-state index >= 15 is 0 Å². The lowest BCUT2D eigenvalue weighted by molar-refractivity contribution is -0.154. The van der Waals surface area contributed by atoms with Crippen LogP contribution in [0.5, 0.6) is 5.88 Å². The lowest BCUT2D eigenvalue weighted by Crippen LogP contribution is -2.33. The minimum absolute atomic E-state index is 0.0615. The number of halogens is 4. The molecule has 0 fully saturated rings. The quantitative estimate of drug-likeness (QED) is 0.664. The first-order valence-corrected chi connectivity index (χ1v) is 10.8. The number of nitrogens with zero attached hydrogens (tertiary/aromatic N) is 2. The van der Waals surface area contributed by atoms with Crippen LogP contribution in [0.4, 0.5) is 13.2 Å². The first-order chi connectivity index (χ1) is 13.0. The topological polar surface area (TPSA) is 59.5 Å². The van der Waals surface area contributed by atoms with Crippen LogP contribution in [0.15, 0.2) is 41.4 Å². The number of fused-ring (bicyclic) bond motifs is 1. The van der Waals surface area contributed by atoms with Gasteiger partial charge in [-0.05, 0) is 42.2 Å². The van der Waals surface area contributed by atoms with Crippen LogP contribution in [-0.2, 0) is 22.0 Å². The first-order valence-electron chi connectivity index (χ1n) is 8.49. The van der Waals surface area contributed by atoms with Crippen LogP contribution in [-0.4, -0.2) is 37.6 Å². The Bertz CT molecular complexity index is 950. The predicted octanol–water partition coefficient (Wildman–Crippen LogP) is 4.07. The molecule has 1 aromatic carbocycles. The Morgan fingerprint density at radius 3 is 2.61 bits per heavy atom. The summed E-state index contributed by atoms with van der Waals surface area (Å²) in [6.07, 6.45) is -2.17. The molecule has 0 saturated carbocycles. The number of pyridine rings is 1. The second kappa shape index (κ2) is 7.88. The van der Waals surface area contributed by atoms with Crippen LogP contribution in [0.25, 0.3) is 0 Å². The number of ether oxygens (including phenoxy) is 1. The Morgan fingerprint density at radius 1 is 1.25 bits per heavy atom. The van der Waals surface area contributed by atoms with Crippen LogP contribution in [0.2, 0.25) is 0 Å². The maximum atomic E-state index is 12.2. The van der Waals surface area contributed by atoms with E-state index in [0.717, 1.165) is 29.7 Å². The molecule has 5 nitrogen and oxygen atoms in total. The van der Waals surface area contributed by atoms with Crippen molar-refractivity contribution < 1.29 is 26.3 Å². The summed E-state index contributed by atoms with van der Waals surface area (Å²) in [4.78, 5) is 6.15. The van der Waals surface area contributed by atoms with Gasteiger partial charge in [0.05, 0.1) is 4.90 Å². The molecule has 28 heavy (non-hydrogen) atoms. The molecular formula is C18H18ClF3N2O3S. The van der Waals surface area contributed by atoms with Gasteiger partial charge in [-0.15, -0.1) is 0 Å². The van der Waals surface area contributed by atoms with E-state index in [4.69, 9.17) is 10.7 Å². The normalized spacial score (nSPS) is 16.5. The number of aromatic nitrogens is 1. The van der Waals surface area contributed by atoms with Gasteiger partial charge in [-0.25, -0.2) is 13.4 Å². The molecule has 1 atom stereocenters. The second-order valence-corrected chi connectivity index (χ2v) is 9.16. The Morgan fingerprint density at radius 2 is 2.00 bits per heavy atom. The van der Waals surface area contributed by atoms with Gasteiger partial charge in [-0.1, -0.05) is 12.1 Å². The Kier molecular flexibility index (Phi) is 5.88. The van der Waals surface area contributed by atoms with Gasteiger partial charge in [0.25, 0.3) is 9.05 Å². The highest BCUT2D eigenvalue weighted by molar-refractivity contribution is 8.13. The molecule has 0 N–H and O–H groups in total. The molecule has 0 bridgehead atoms. The van der Waals surface area contributed by atoms with Gasteiger partial charge in [0.2, 0.25) is 5.88 Å². The van der Waals surface area contributed by atoms with E-state index in [-0.39, 0.29) is 16.8 Å². The van der Waals surface area contributed by atoms with E-state index in [9.17, 15) is 21.6 Å². The molecular weight excluding hydrogens is 417 g/mol. The number of hydrogen-bond acceptors (Lipinski definition) is 5. The summed E-state index contributed by atoms with van der Waals surface area (Å²) < 4.78 is 64.4. The maximum absolute atomic E-state index is 12.2. The number of alkyl halides is 3. The lowest BCUT2D eigenvalue weighted by atomic mass is 9.97. The molecule has 152 valence electrons. The fourth-order valence-electron chi connectivity index (χ4n) is 3.13. The Balaban J connectivity index is 1.71. The summed E-state index contributed by atoms with van der Waals surface area (Å²) in [6, 6.07) is 7.90. The molecule has 0 spiro atoms. The summed E-state index contributed by atoms with van der Waals surface area (Å²) in [7, 11) is 1.64. The Hall–Kier alpha value is -1.84. The summed E-state index contributed by atoms with van der Waals surface area (Å²) in [6.45, 7) is 1.86. The van der Waals surface area contributed by atoms with Crippen LogP contribution in [0.3, 0.4) is 0 Å². The molecule has 0 aliphatic carbocycles. The molecule has 2 heterocycles. The van der Waals surface area contributed by atoms with Gasteiger partial charge >= 0.3 is 6.18 Å². The van der Waals surface area contributed by atoms with Crippen molar-refractivity contribution in [1.82, 2.24) is 9.88 Å². The molecule has 0 radical (unpaired) electrons. The fourth-order valence-corrected chi connectivity index (χ4v) is 3.93. The van der Waals surface area contributed by atoms with E-state index in [1.54, 1.807) is 18.2 Å². The number of rotatable bonds is 5. The molecule has 1 aromatic heterocycles. The third kappa shape index (κ3) is 5.15. The van der Waals surface area contributed by atoms with Gasteiger partial charge in [0.1, 0.15) is 0 Å². The molecule has 0 saturated heterocycles. The predicted molar refractivity (Wildman–Crippen MR) is 97.8 cm³/mol. The van der Waals surface area contributed by atoms with Crippen molar-refractivity contribution >= 4 is 19.7 Å². The zero-order valence-electron chi connectivity index (χ0n) is 14.9. The Labute approximate surface area is 165 Å². The summed E-state index contributed by atoms with van der Waals surface area (Å²) in [5.74, 6) is -0.0887. The van der Waals surface area contributed by atoms with Crippen LogP contribution in [0.1, 0.15) is 29.7 Å². The van der Waals surface area contributed by atoms with E-state index in [1.807, 2.05) is 6.92 Å². The van der Waals surface area contributed by atoms with Gasteiger partial charge < -0.3 is 4.74 Å². The largest absolute Gasteiger partial charge is 0.468 e. The van der Waals surface area contributed by atoms with Crippen molar-refractivity contribution in [2.24, 2.45) is 0 Å². The third-order valence-electron chi connectivity index (χ3n) is 4.67. The smallest absolute Gasteiger partial charge is 0.422 e. The van der Waals surface area contributed by atoms with Crippen molar-refractivity contribution in [3.05, 3.63) is 53.2 Å². The van der Waals surface area contributed by atoms with E-state index < -0.39 is 21.8 Å². The van der Waals surface area contributed by atoms with Crippen LogP contribution in [0, 0.1) is 0 Å². The summed E-state index contributed by atoms with van der Waals surface area (Å²) in [5, 5.41) is 0. The molecule has 2 aromatic rings. The zero-order valence-corrected chi connectivity index (χ0v) is 16.5. The molecule has 1 aliphatic heterocycles. The first kappa shape index (κ1) is 20.9. The van der Waals surface area contributed by atoms with Gasteiger partial charge in [0, 0.05) is 42.1 Å². The van der Waals surface area contributed by atoms with Gasteiger partial charge in [0.15, 0.2) is 6.61 Å². The highest BCUT2D eigenvalue weighted by Gasteiger charge is 2.29. The van der Waals surface area contributed by atoms with E-state index in [1.165, 1.54) is 18.3 Å². The SMILES string of the molecule is CC(c1ccc(OCC(F)(F)F)nc1)N1CCc2ccc(S(=O)(=O)Cl)cc2C1. The van der Waals surface area contributed by atoms with Crippen LogP contribution < -0.4 is 4.74 Å². The van der Waals surface area contributed by atoms with Crippen LogP contribution >= 0.6 is 10.7 Å². The van der Waals surface area contributed by atoms with Gasteiger partial charge in [-0.2, -0.15) is 13.2 Å². The average Bonchev–Trinajstić information content (AvgIpc) is 2.64. The van der Waals surface area contributed by atoms with Gasteiger partial charge in [-0.3, -0.25) is 4.90 Å². The number of benzene rings is 1. The van der Waals surface area contributed by atoms with Crippen molar-refractivity contribution in [2.45, 2.75) is 37.0 Å². The standard InChI is InChI=1S/C18H18ClF3N2O3S/c1-12(14-3-5-17(23-9-14)27-11-18(20,21)22)24-7-6-13-2-4-16(28(19,25)26)8-15(13)10-24/h2-5,8-9,12H,6-7,10-11H2,1H3. The van der Waals surface area contributed by atoms with Crippen molar-refractivity contribution in [2.75, 3.05) is 13.2 Å². The lowest BCUT2D eigenvalue weighted by Gasteiger charge is -2.34. The van der Waals surface area contributed by atoms with Crippen molar-refractivity contribution in [3.8, 4) is 5.88 Å². The molecule has 10 heteroatoms. The summed E-state index contributed by atoms with van der Waals surface area (Å²) in [5.41, 5.74) is 2.78. The monoisotopic (exact) mass is 434 g/mol. The molecule has 1 aliphatic rings. The van der Waals surface area contributed by atoms with E-state index in [2.05, 4.69) is 14.6 Å². The summed E-state index contributed by atoms with van der Waals surface area (Å²) >= 11 is 0. The maximum Gasteiger partial charge on any atom is 0.422 e. The van der Waals surface area contributed by atoms with Crippen molar-refractivity contribution in [3.63, 3.8) is 0 Å². The minimum Gasteiger partial charge on any atom is -0.468 e.